The number of aliphatic imine (C=N–C) groups is 1. The predicted octanol–water partition coefficient (Wildman–Crippen LogP) is -7.78. The minimum Gasteiger partial charge on any atom is -0.756 e. The van der Waals surface area contributed by atoms with Gasteiger partial charge in [-0.1, -0.05) is 0 Å². The Bertz CT molecular complexity index is 893. The number of phosphoric ester groups is 1. The van der Waals surface area contributed by atoms with E-state index in [2.05, 4.69) is 19.1 Å². The number of carbonyl (C=O) groups excluding carboxylic acids is 1. The molecule has 0 saturated carbocycles. The normalized spacial score (nSPS) is 34.9. The Hall–Kier alpha value is -0.580. The molecule has 0 aromatic carbocycles. The topological polar surface area (TPSA) is 240 Å². The van der Waals surface area contributed by atoms with Gasteiger partial charge >= 0.3 is 29.6 Å². The molecule has 3 unspecified atom stereocenters. The number of aliphatic hydroxyl groups is 2. The van der Waals surface area contributed by atoms with Gasteiger partial charge in [0.2, 0.25) is 18.5 Å². The van der Waals surface area contributed by atoms with Crippen molar-refractivity contribution in [2.24, 2.45) is 4.99 Å². The van der Waals surface area contributed by atoms with Crippen LogP contribution in [0, 0.1) is 5.41 Å². The van der Waals surface area contributed by atoms with E-state index in [1.54, 1.807) is 0 Å². The zero-order valence-corrected chi connectivity index (χ0v) is 19.3. The Morgan fingerprint density at radius 1 is 1.40 bits per heavy atom. The maximum absolute atomic E-state index is 12.1. The van der Waals surface area contributed by atoms with E-state index >= 15 is 0 Å². The minimum atomic E-state index is -5.64. The first kappa shape index (κ1) is 25.7. The number of rotatable bonds is 6. The van der Waals surface area contributed by atoms with E-state index in [0.29, 0.717) is 0 Å². The number of ether oxygens (including phenoxy) is 1. The average Bonchev–Trinajstić information content (AvgIpc) is 3.01. The van der Waals surface area contributed by atoms with Crippen molar-refractivity contribution in [2.45, 2.75) is 30.6 Å². The molecule has 0 bridgehead atoms. The van der Waals surface area contributed by atoms with Gasteiger partial charge in [0.15, 0.2) is 0 Å². The molecule has 1 fully saturated rings. The number of amides is 1. The molecule has 0 aromatic heterocycles. The van der Waals surface area contributed by atoms with Crippen molar-refractivity contribution in [3.05, 3.63) is 0 Å². The Morgan fingerprint density at radius 3 is 2.63 bits per heavy atom. The van der Waals surface area contributed by atoms with Crippen molar-refractivity contribution < 1.29 is 86.5 Å². The summed E-state index contributed by atoms with van der Waals surface area (Å²) in [6.07, 6.45) is -4.75. The van der Waals surface area contributed by atoms with E-state index < -0.39 is 64.7 Å². The number of fused-ring (bicyclic) bond motifs is 1. The van der Waals surface area contributed by atoms with Crippen LogP contribution in [0.2, 0.25) is 0 Å². The third kappa shape index (κ3) is 5.42. The van der Waals surface area contributed by atoms with Gasteiger partial charge in [-0.2, -0.15) is 9.89 Å². The van der Waals surface area contributed by atoms with Crippen molar-refractivity contribution in [1.29, 1.82) is 5.41 Å². The number of aliphatic hydroxyl groups excluding tert-OH is 2. The number of amidine groups is 1. The van der Waals surface area contributed by atoms with Crippen molar-refractivity contribution in [3.8, 4) is 0 Å². The van der Waals surface area contributed by atoms with Gasteiger partial charge in [0.25, 0.3) is 33.4 Å². The first-order chi connectivity index (χ1) is 13.3. The molecule has 3 heterocycles. The summed E-state index contributed by atoms with van der Waals surface area (Å²) in [6, 6.07) is -0.918. The van der Waals surface area contributed by atoms with E-state index in [-0.39, 0.29) is 35.4 Å². The van der Waals surface area contributed by atoms with Gasteiger partial charge in [-0.25, -0.2) is 8.89 Å². The Kier molecular flexibility index (Phi) is 7.80. The van der Waals surface area contributed by atoms with Gasteiger partial charge in [-0.3, -0.25) is 24.7 Å². The van der Waals surface area contributed by atoms with E-state index in [4.69, 9.17) is 15.0 Å². The quantitative estimate of drug-likeness (QED) is 0.136. The van der Waals surface area contributed by atoms with Crippen LogP contribution in [0.1, 0.15) is 0 Å². The molecular weight excluding hydrogens is 463 g/mol. The van der Waals surface area contributed by atoms with Crippen LogP contribution < -0.4 is 44.7 Å². The number of nitrogens with zero attached hydrogens (tertiary/aromatic N) is 3. The fraction of sp³-hybridized carbons (Fsp3) is 0.636. The molecule has 3 aliphatic rings. The van der Waals surface area contributed by atoms with Crippen molar-refractivity contribution >= 4 is 39.7 Å². The fourth-order valence-corrected chi connectivity index (χ4v) is 4.53. The summed E-state index contributed by atoms with van der Waals surface area (Å²) in [5.41, 5.74) is 0. The van der Waals surface area contributed by atoms with Crippen LogP contribution in [-0.4, -0.2) is 92.9 Å². The first-order valence-electron chi connectivity index (χ1n) is 7.85. The monoisotopic (exact) mass is 479 g/mol. The smallest absolute Gasteiger partial charge is 0.756 e. The first-order valence-corrected chi connectivity index (χ1v) is 10.8. The van der Waals surface area contributed by atoms with Crippen LogP contribution in [0.5, 0.6) is 0 Å². The molecule has 5 N–H and O–H groups in total. The Labute approximate surface area is 190 Å². The molecule has 1 saturated heterocycles. The van der Waals surface area contributed by atoms with E-state index in [0.717, 1.165) is 0 Å². The van der Waals surface area contributed by atoms with Crippen molar-refractivity contribution in [2.75, 3.05) is 13.7 Å². The number of hydrogen-bond donors (Lipinski definition) is 5. The number of likely N-dealkylation sites (N-methyl/N-ethyl adjacent to an activating group) is 1. The summed E-state index contributed by atoms with van der Waals surface area (Å²) in [6.45, 7) is -0.953. The van der Waals surface area contributed by atoms with Gasteiger partial charge in [-0.15, -0.1) is 0 Å². The second kappa shape index (κ2) is 9.11. The molecule has 7 atom stereocenters. The molecule has 3 aliphatic heterocycles. The van der Waals surface area contributed by atoms with Crippen LogP contribution in [0.4, 0.5) is 0 Å². The molecule has 19 heteroatoms. The fourth-order valence-electron chi connectivity index (χ4n) is 3.00. The summed E-state index contributed by atoms with van der Waals surface area (Å²) in [5.74, 6) is -0.965. The number of carbonyl (C=O) groups is 1. The maximum Gasteiger partial charge on any atom is 1.00 e. The average molecular weight is 479 g/mol. The molecule has 162 valence electrons. The van der Waals surface area contributed by atoms with E-state index in [1.165, 1.54) is 22.9 Å². The van der Waals surface area contributed by atoms with Crippen LogP contribution in [0.15, 0.2) is 4.99 Å². The zero-order chi connectivity index (χ0) is 21.7. The third-order valence-corrected chi connectivity index (χ3v) is 6.24. The molecule has 0 aromatic rings. The predicted molar refractivity (Wildman–Crippen MR) is 86.3 cm³/mol. The van der Waals surface area contributed by atoms with Crippen molar-refractivity contribution in [1.82, 2.24) is 10.2 Å². The number of hydrogen-bond acceptors (Lipinski definition) is 12. The van der Waals surface area contributed by atoms with Crippen LogP contribution in [0.3, 0.4) is 0 Å². The summed E-state index contributed by atoms with van der Waals surface area (Å²) >= 11 is 0. The number of nitrogens with one attached hydrogen (secondary N) is 2. The van der Waals surface area contributed by atoms with Gasteiger partial charge in [0.05, 0.1) is 13.7 Å². The molecule has 0 spiro atoms. The van der Waals surface area contributed by atoms with Gasteiger partial charge in [0.1, 0.15) is 18.3 Å². The third-order valence-electron chi connectivity index (χ3n) is 4.15. The van der Waals surface area contributed by atoms with Crippen molar-refractivity contribution in [3.63, 3.8) is 0 Å². The second-order valence-electron chi connectivity index (χ2n) is 6.24. The summed E-state index contributed by atoms with van der Waals surface area (Å²) in [7, 11) is -9.60. The summed E-state index contributed by atoms with van der Waals surface area (Å²) < 4.78 is 36.4. The standard InChI is InChI=1S/C11H17N5O11P2.Na/c1-15-3-16(8-5(15)9(19)14-11(12)13-8)10-7(18)6(17)4(26-10)2-25-29(23,24)27-28(20,21)22;/h3-7,10,17-18H,2H2,1H3,(H4-,12,14,19,20,21,22,23,24);/q;+1/p-1/t4-,5?,6-,7-,10-;/m1./s1. The number of phosphoric acid groups is 2. The molecule has 1 amide bonds. The Morgan fingerprint density at radius 2 is 2.03 bits per heavy atom. The minimum absolute atomic E-state index is 0. The van der Waals surface area contributed by atoms with Gasteiger partial charge in [-0.05, 0) is 0 Å². The number of guanidine groups is 1. The molecule has 0 radical (unpaired) electrons. The largest absolute Gasteiger partial charge is 1.00 e. The summed E-state index contributed by atoms with van der Waals surface area (Å²) in [5, 5.41) is 30.2. The maximum atomic E-state index is 12.1. The SMILES string of the molecule is C[N+]1=CN([C@@H]2O[C@H](COP(=O)([O-])OP(=O)([O-])O)[C@@H](O)[C@H]2O)C2=NC(=N)NC(=O)C21.[Na+]. The molecular formula is C11H16N5NaO11P2. The molecule has 16 nitrogen and oxygen atoms in total. The molecule has 30 heavy (non-hydrogen) atoms. The Balaban J connectivity index is 0.00000320. The second-order valence-corrected chi connectivity index (χ2v) is 8.98. The van der Waals surface area contributed by atoms with E-state index in [9.17, 15) is 33.9 Å². The van der Waals surface area contributed by atoms with Gasteiger partial charge in [0, 0.05) is 0 Å². The summed E-state index contributed by atoms with van der Waals surface area (Å²) in [4.78, 5) is 47.4. The van der Waals surface area contributed by atoms with Gasteiger partial charge < -0.3 is 34.2 Å². The van der Waals surface area contributed by atoms with Crippen LogP contribution in [-0.2, 0) is 27.5 Å². The van der Waals surface area contributed by atoms with Crippen LogP contribution >= 0.6 is 15.6 Å². The molecule has 0 aliphatic carbocycles. The van der Waals surface area contributed by atoms with Crippen LogP contribution in [0.25, 0.3) is 0 Å². The van der Waals surface area contributed by atoms with E-state index in [1.807, 2.05) is 0 Å². The molecule has 3 rings (SSSR count). The zero-order valence-electron chi connectivity index (χ0n) is 15.5.